The molecule has 13 heavy (non-hydrogen) atoms. The van der Waals surface area contributed by atoms with Crippen LogP contribution in [0.1, 0.15) is 24.5 Å². The van der Waals surface area contributed by atoms with Gasteiger partial charge in [0.1, 0.15) is 0 Å². The highest BCUT2D eigenvalue weighted by Gasteiger charge is 2.25. The number of rotatable bonds is 1. The molecule has 1 aliphatic carbocycles. The molecule has 0 spiro atoms. The first-order valence-corrected chi connectivity index (χ1v) is 5.27. The van der Waals surface area contributed by atoms with E-state index in [-0.39, 0.29) is 0 Å². The minimum Gasteiger partial charge on any atom is -0.356 e. The fourth-order valence-electron chi connectivity index (χ4n) is 1.63. The molecule has 0 saturated heterocycles. The Hall–Kier alpha value is -0.830. The van der Waals surface area contributed by atoms with E-state index >= 15 is 0 Å². The Bertz CT molecular complexity index is 457. The Morgan fingerprint density at radius 1 is 1.46 bits per heavy atom. The topological polar surface area (TPSA) is 28.7 Å². The molecule has 2 nitrogen and oxygen atoms in total. The van der Waals surface area contributed by atoms with Gasteiger partial charge in [-0.1, -0.05) is 0 Å². The van der Waals surface area contributed by atoms with Crippen LogP contribution in [0.15, 0.2) is 22.8 Å². The van der Waals surface area contributed by atoms with Crippen molar-refractivity contribution in [3.8, 4) is 0 Å². The number of nitrogens with zero attached hydrogens (tertiary/aromatic N) is 1. The molecule has 0 aliphatic heterocycles. The summed E-state index contributed by atoms with van der Waals surface area (Å²) in [6.07, 6.45) is 4.48. The van der Waals surface area contributed by atoms with Crippen molar-refractivity contribution in [3.63, 3.8) is 0 Å². The van der Waals surface area contributed by atoms with Crippen molar-refractivity contribution in [1.82, 2.24) is 9.97 Å². The lowest BCUT2D eigenvalue weighted by Gasteiger charge is -1.91. The number of hydrogen-bond donors (Lipinski definition) is 1. The second-order valence-corrected chi connectivity index (χ2v) is 4.41. The first kappa shape index (κ1) is 7.56. The lowest BCUT2D eigenvalue weighted by atomic mass is 10.3. The minimum absolute atomic E-state index is 0.765. The fourth-order valence-corrected chi connectivity index (χ4v) is 2.05. The zero-order valence-electron chi connectivity index (χ0n) is 7.05. The number of aromatic amines is 1. The van der Waals surface area contributed by atoms with Gasteiger partial charge >= 0.3 is 0 Å². The molecule has 1 saturated carbocycles. The molecule has 3 heteroatoms. The number of fused-ring (bicyclic) bond motifs is 1. The average Bonchev–Trinajstić information content (AvgIpc) is 2.87. The highest BCUT2D eigenvalue weighted by atomic mass is 79.9. The molecule has 1 fully saturated rings. The maximum Gasteiger partial charge on any atom is 0.0893 e. The van der Waals surface area contributed by atoms with Crippen molar-refractivity contribution in [2.75, 3.05) is 0 Å². The summed E-state index contributed by atoms with van der Waals surface area (Å²) in [6, 6.07) is 4.13. The van der Waals surface area contributed by atoms with E-state index in [0.29, 0.717) is 0 Å². The molecular weight excluding hydrogens is 228 g/mol. The third-order valence-corrected chi connectivity index (χ3v) is 3.17. The molecule has 0 amide bonds. The van der Waals surface area contributed by atoms with Gasteiger partial charge in [-0.25, -0.2) is 0 Å². The van der Waals surface area contributed by atoms with Crippen molar-refractivity contribution in [1.29, 1.82) is 0 Å². The van der Waals surface area contributed by atoms with E-state index in [1.54, 1.807) is 0 Å². The highest BCUT2D eigenvalue weighted by Crippen LogP contribution is 2.40. The van der Waals surface area contributed by atoms with Gasteiger partial charge in [-0.05, 0) is 46.8 Å². The smallest absolute Gasteiger partial charge is 0.0893 e. The van der Waals surface area contributed by atoms with Crippen molar-refractivity contribution in [3.05, 3.63) is 28.5 Å². The summed E-state index contributed by atoms with van der Waals surface area (Å²) in [5.74, 6) is 0.765. The number of halogens is 1. The Morgan fingerprint density at radius 3 is 3.00 bits per heavy atom. The van der Waals surface area contributed by atoms with Gasteiger partial charge in [-0.2, -0.15) is 0 Å². The van der Waals surface area contributed by atoms with Crippen molar-refractivity contribution < 1.29 is 0 Å². The van der Waals surface area contributed by atoms with Crippen LogP contribution in [0.5, 0.6) is 0 Å². The second kappa shape index (κ2) is 2.58. The standard InChI is InChI=1S/C10H9BrN2/c11-7-3-4-12-9-5-8(6-1-2-6)13-10(7)9/h3-6,13H,1-2H2. The third-order valence-electron chi connectivity index (χ3n) is 2.51. The molecule has 1 N–H and O–H groups in total. The van der Waals surface area contributed by atoms with Crippen LogP contribution in [0.4, 0.5) is 0 Å². The number of H-pyrrole nitrogens is 1. The molecule has 2 aromatic rings. The fraction of sp³-hybridized carbons (Fsp3) is 0.300. The van der Waals surface area contributed by atoms with Crippen LogP contribution in [0.25, 0.3) is 11.0 Å². The number of aromatic nitrogens is 2. The van der Waals surface area contributed by atoms with Crippen LogP contribution >= 0.6 is 15.9 Å². The largest absolute Gasteiger partial charge is 0.356 e. The molecule has 1 aliphatic rings. The van der Waals surface area contributed by atoms with E-state index in [4.69, 9.17) is 0 Å². The lowest BCUT2D eigenvalue weighted by Crippen LogP contribution is -1.76. The molecular formula is C10H9BrN2. The van der Waals surface area contributed by atoms with E-state index in [1.165, 1.54) is 18.5 Å². The summed E-state index contributed by atoms with van der Waals surface area (Å²) in [6.45, 7) is 0. The molecule has 0 unspecified atom stereocenters. The summed E-state index contributed by atoms with van der Waals surface area (Å²) < 4.78 is 1.10. The van der Waals surface area contributed by atoms with Gasteiger partial charge in [-0.3, -0.25) is 4.98 Å². The Kier molecular flexibility index (Phi) is 1.50. The number of pyridine rings is 1. The van der Waals surface area contributed by atoms with Gasteiger partial charge in [0.2, 0.25) is 0 Å². The molecule has 0 aromatic carbocycles. The zero-order valence-corrected chi connectivity index (χ0v) is 8.63. The summed E-state index contributed by atoms with van der Waals surface area (Å²) in [7, 11) is 0. The number of nitrogens with one attached hydrogen (secondary N) is 1. The number of hydrogen-bond acceptors (Lipinski definition) is 1. The normalized spacial score (nSPS) is 16.7. The minimum atomic E-state index is 0.765. The van der Waals surface area contributed by atoms with Gasteiger partial charge in [0.25, 0.3) is 0 Å². The van der Waals surface area contributed by atoms with Crippen LogP contribution in [0.2, 0.25) is 0 Å². The van der Waals surface area contributed by atoms with Crippen molar-refractivity contribution in [2.45, 2.75) is 18.8 Å². The van der Waals surface area contributed by atoms with Crippen LogP contribution in [0, 0.1) is 0 Å². The lowest BCUT2D eigenvalue weighted by molar-refractivity contribution is 1.06. The summed E-state index contributed by atoms with van der Waals surface area (Å²) in [5.41, 5.74) is 3.54. The van der Waals surface area contributed by atoms with Crippen molar-refractivity contribution in [2.24, 2.45) is 0 Å². The first-order valence-electron chi connectivity index (χ1n) is 4.48. The third kappa shape index (κ3) is 1.18. The predicted molar refractivity (Wildman–Crippen MR) is 55.8 cm³/mol. The predicted octanol–water partition coefficient (Wildman–Crippen LogP) is 3.20. The molecule has 0 radical (unpaired) electrons. The van der Waals surface area contributed by atoms with Gasteiger partial charge in [0.15, 0.2) is 0 Å². The maximum absolute atomic E-state index is 4.31. The van der Waals surface area contributed by atoms with E-state index in [0.717, 1.165) is 21.4 Å². The van der Waals surface area contributed by atoms with Crippen LogP contribution < -0.4 is 0 Å². The molecule has 66 valence electrons. The Morgan fingerprint density at radius 2 is 2.31 bits per heavy atom. The monoisotopic (exact) mass is 236 g/mol. The quantitative estimate of drug-likeness (QED) is 0.810. The zero-order chi connectivity index (χ0) is 8.84. The van der Waals surface area contributed by atoms with Crippen molar-refractivity contribution >= 4 is 27.0 Å². The van der Waals surface area contributed by atoms with Crippen LogP contribution in [0.3, 0.4) is 0 Å². The van der Waals surface area contributed by atoms with Crippen LogP contribution in [-0.2, 0) is 0 Å². The van der Waals surface area contributed by atoms with Gasteiger partial charge in [-0.15, -0.1) is 0 Å². The highest BCUT2D eigenvalue weighted by molar-refractivity contribution is 9.10. The van der Waals surface area contributed by atoms with Gasteiger partial charge in [0, 0.05) is 16.4 Å². The molecule has 2 aromatic heterocycles. The molecule has 2 heterocycles. The first-order chi connectivity index (χ1) is 6.34. The molecule has 3 rings (SSSR count). The average molecular weight is 237 g/mol. The summed E-state index contributed by atoms with van der Waals surface area (Å²) in [4.78, 5) is 7.73. The summed E-state index contributed by atoms with van der Waals surface area (Å²) in [5, 5.41) is 0. The van der Waals surface area contributed by atoms with E-state index in [1.807, 2.05) is 12.3 Å². The molecule has 0 bridgehead atoms. The van der Waals surface area contributed by atoms with Gasteiger partial charge in [0.05, 0.1) is 11.0 Å². The molecule has 0 atom stereocenters. The maximum atomic E-state index is 4.31. The summed E-state index contributed by atoms with van der Waals surface area (Å²) >= 11 is 3.51. The van der Waals surface area contributed by atoms with E-state index in [2.05, 4.69) is 32.0 Å². The Balaban J connectivity index is 2.26. The SMILES string of the molecule is Brc1ccnc2cc(C3CC3)[nH]c12. The van der Waals surface area contributed by atoms with Crippen LogP contribution in [-0.4, -0.2) is 9.97 Å². The van der Waals surface area contributed by atoms with E-state index in [9.17, 15) is 0 Å². The Labute approximate surface area is 84.5 Å². The van der Waals surface area contributed by atoms with E-state index < -0.39 is 0 Å². The van der Waals surface area contributed by atoms with Gasteiger partial charge < -0.3 is 4.98 Å². The second-order valence-electron chi connectivity index (χ2n) is 3.55.